The number of nitrogens with zero attached hydrogens (tertiary/aromatic N) is 3. The minimum atomic E-state index is -4.39. The maximum absolute atomic E-state index is 13.1. The number of carbonyl (C=O) groups excluding carboxylic acids is 1. The van der Waals surface area contributed by atoms with Crippen LogP contribution in [-0.4, -0.2) is 47.6 Å². The highest BCUT2D eigenvalue weighted by Gasteiger charge is 2.43. The summed E-state index contributed by atoms with van der Waals surface area (Å²) in [6.45, 7) is 0.648. The molecular formula is C20H19ClF3N3O2S. The molecule has 0 N–H and O–H groups in total. The van der Waals surface area contributed by atoms with Crippen molar-refractivity contribution in [3.8, 4) is 5.75 Å². The lowest BCUT2D eigenvalue weighted by atomic mass is 9.87. The van der Waals surface area contributed by atoms with Gasteiger partial charge in [0.1, 0.15) is 10.9 Å². The van der Waals surface area contributed by atoms with Gasteiger partial charge in [-0.05, 0) is 60.7 Å². The average Bonchev–Trinajstić information content (AvgIpc) is 3.12. The number of halogens is 4. The van der Waals surface area contributed by atoms with Crippen molar-refractivity contribution in [3.05, 3.63) is 47.7 Å². The van der Waals surface area contributed by atoms with Crippen molar-refractivity contribution in [2.24, 2.45) is 11.8 Å². The molecule has 2 fully saturated rings. The first kappa shape index (κ1) is 21.3. The van der Waals surface area contributed by atoms with Crippen LogP contribution < -0.4 is 9.64 Å². The van der Waals surface area contributed by atoms with Crippen LogP contribution in [0.4, 0.5) is 18.9 Å². The largest absolute Gasteiger partial charge is 0.484 e. The van der Waals surface area contributed by atoms with E-state index in [0.717, 1.165) is 17.9 Å². The minimum Gasteiger partial charge on any atom is -0.484 e. The van der Waals surface area contributed by atoms with Crippen molar-refractivity contribution >= 4 is 35.1 Å². The highest BCUT2D eigenvalue weighted by molar-refractivity contribution is 7.97. The molecule has 1 aromatic heterocycles. The second kappa shape index (κ2) is 8.64. The van der Waals surface area contributed by atoms with Crippen molar-refractivity contribution in [1.29, 1.82) is 0 Å². The molecule has 10 heteroatoms. The van der Waals surface area contributed by atoms with Gasteiger partial charge in [-0.1, -0.05) is 11.6 Å². The van der Waals surface area contributed by atoms with E-state index in [1.54, 1.807) is 23.2 Å². The van der Waals surface area contributed by atoms with E-state index in [-0.39, 0.29) is 23.5 Å². The topological polar surface area (TPSA) is 45.7 Å². The molecular weight excluding hydrogens is 439 g/mol. The van der Waals surface area contributed by atoms with Crippen LogP contribution in [0.2, 0.25) is 5.15 Å². The van der Waals surface area contributed by atoms with Crippen molar-refractivity contribution in [1.82, 2.24) is 9.29 Å². The lowest BCUT2D eigenvalue weighted by Gasteiger charge is -2.34. The number of rotatable bonds is 5. The Morgan fingerprint density at radius 1 is 1.20 bits per heavy atom. The summed E-state index contributed by atoms with van der Waals surface area (Å²) in [4.78, 5) is 19.7. The van der Waals surface area contributed by atoms with Crippen molar-refractivity contribution in [3.63, 3.8) is 0 Å². The number of hydrogen-bond donors (Lipinski definition) is 0. The number of fused-ring (bicyclic) bond motifs is 1. The summed E-state index contributed by atoms with van der Waals surface area (Å²) in [7, 11) is 0. The normalized spacial score (nSPS) is 22.3. The molecule has 2 aromatic rings. The second-order valence-corrected chi connectivity index (χ2v) is 8.77. The Bertz CT molecular complexity index is 913. The molecule has 160 valence electrons. The highest BCUT2D eigenvalue weighted by atomic mass is 35.5. The maximum atomic E-state index is 13.1. The number of ether oxygens (including phenoxy) is 1. The molecule has 0 saturated carbocycles. The van der Waals surface area contributed by atoms with Crippen LogP contribution in [0.5, 0.6) is 5.75 Å². The van der Waals surface area contributed by atoms with Crippen LogP contribution in [0.25, 0.3) is 0 Å². The first-order chi connectivity index (χ1) is 14.3. The van der Waals surface area contributed by atoms with Gasteiger partial charge in [0.15, 0.2) is 6.61 Å². The van der Waals surface area contributed by atoms with Crippen LogP contribution in [0, 0.1) is 11.8 Å². The SMILES string of the molecule is O=C1C2CN(Sc3cccnc3Cl)CC2CCN1c1ccc(OCC(F)(F)F)cc1. The van der Waals surface area contributed by atoms with Crippen molar-refractivity contribution in [2.75, 3.05) is 31.1 Å². The van der Waals surface area contributed by atoms with E-state index < -0.39 is 12.8 Å². The number of anilines is 1. The van der Waals surface area contributed by atoms with Gasteiger partial charge in [0.05, 0.1) is 10.8 Å². The molecule has 2 unspecified atom stereocenters. The zero-order chi connectivity index (χ0) is 21.3. The van der Waals surface area contributed by atoms with Crippen molar-refractivity contribution < 1.29 is 22.7 Å². The third-order valence-corrected chi connectivity index (χ3v) is 6.71. The molecule has 2 aliphatic rings. The Labute approximate surface area is 181 Å². The summed E-state index contributed by atoms with van der Waals surface area (Å²) in [5.41, 5.74) is 0.666. The molecule has 30 heavy (non-hydrogen) atoms. The minimum absolute atomic E-state index is 0.0376. The number of pyridine rings is 1. The van der Waals surface area contributed by atoms with E-state index >= 15 is 0 Å². The van der Waals surface area contributed by atoms with Gasteiger partial charge in [-0.2, -0.15) is 13.2 Å². The maximum Gasteiger partial charge on any atom is 0.422 e. The van der Waals surface area contributed by atoms with Gasteiger partial charge in [-0.15, -0.1) is 0 Å². The molecule has 3 heterocycles. The predicted octanol–water partition coefficient (Wildman–Crippen LogP) is 4.67. The zero-order valence-corrected chi connectivity index (χ0v) is 17.4. The lowest BCUT2D eigenvalue weighted by molar-refractivity contribution is -0.153. The number of aromatic nitrogens is 1. The van der Waals surface area contributed by atoms with Crippen molar-refractivity contribution in [2.45, 2.75) is 17.5 Å². The Kier molecular flexibility index (Phi) is 6.13. The zero-order valence-electron chi connectivity index (χ0n) is 15.8. The van der Waals surface area contributed by atoms with Crippen LogP contribution >= 0.6 is 23.5 Å². The highest BCUT2D eigenvalue weighted by Crippen LogP contribution is 2.40. The molecule has 2 aliphatic heterocycles. The Balaban J connectivity index is 1.39. The first-order valence-corrected chi connectivity index (χ1v) is 10.6. The summed E-state index contributed by atoms with van der Waals surface area (Å²) in [5, 5.41) is 0.443. The van der Waals surface area contributed by atoms with E-state index in [4.69, 9.17) is 16.3 Å². The van der Waals surface area contributed by atoms with Crippen LogP contribution in [0.1, 0.15) is 6.42 Å². The summed E-state index contributed by atoms with van der Waals surface area (Å²) in [6, 6.07) is 9.90. The van der Waals surface area contributed by atoms with Gasteiger partial charge in [0.25, 0.3) is 0 Å². The molecule has 0 spiro atoms. The number of piperidine rings is 1. The fourth-order valence-corrected chi connectivity index (χ4v) is 5.08. The lowest BCUT2D eigenvalue weighted by Crippen LogP contribution is -2.45. The summed E-state index contributed by atoms with van der Waals surface area (Å²) in [5.74, 6) is 0.305. The first-order valence-electron chi connectivity index (χ1n) is 9.44. The van der Waals surface area contributed by atoms with E-state index in [0.29, 0.717) is 23.9 Å². The Morgan fingerprint density at radius 3 is 2.67 bits per heavy atom. The number of benzene rings is 1. The molecule has 4 rings (SSSR count). The number of alkyl halides is 3. The molecule has 2 saturated heterocycles. The van der Waals surface area contributed by atoms with Crippen LogP contribution in [0.15, 0.2) is 47.5 Å². The van der Waals surface area contributed by atoms with Gasteiger partial charge >= 0.3 is 6.18 Å². The Hall–Kier alpha value is -1.97. The van der Waals surface area contributed by atoms with E-state index in [2.05, 4.69) is 9.29 Å². The van der Waals surface area contributed by atoms with E-state index in [9.17, 15) is 18.0 Å². The molecule has 2 atom stereocenters. The van der Waals surface area contributed by atoms with Crippen LogP contribution in [-0.2, 0) is 4.79 Å². The van der Waals surface area contributed by atoms with Gasteiger partial charge in [-0.3, -0.25) is 4.79 Å². The number of amides is 1. The summed E-state index contributed by atoms with van der Waals surface area (Å²) in [6.07, 6.45) is -1.89. The summed E-state index contributed by atoms with van der Waals surface area (Å²) < 4.78 is 43.7. The fraction of sp³-hybridized carbons (Fsp3) is 0.400. The van der Waals surface area contributed by atoms with Gasteiger partial charge in [-0.25, -0.2) is 9.29 Å². The van der Waals surface area contributed by atoms with Crippen LogP contribution in [0.3, 0.4) is 0 Å². The molecule has 1 aromatic carbocycles. The predicted molar refractivity (Wildman–Crippen MR) is 109 cm³/mol. The fourth-order valence-electron chi connectivity index (χ4n) is 3.81. The second-order valence-electron chi connectivity index (χ2n) is 7.27. The number of hydrogen-bond acceptors (Lipinski definition) is 5. The van der Waals surface area contributed by atoms with E-state index in [1.807, 2.05) is 12.1 Å². The van der Waals surface area contributed by atoms with Gasteiger partial charge < -0.3 is 9.64 Å². The molecule has 1 amide bonds. The standard InChI is InChI=1S/C20H19ClF3N3O2S/c21-18-17(2-1-8-25-18)30-26-10-13-7-9-27(19(28)16(13)11-26)14-3-5-15(6-4-14)29-12-20(22,23)24/h1-6,8,13,16H,7,9-12H2. The third kappa shape index (κ3) is 4.84. The van der Waals surface area contributed by atoms with E-state index in [1.165, 1.54) is 24.1 Å². The molecule has 0 bridgehead atoms. The molecule has 0 aliphatic carbocycles. The monoisotopic (exact) mass is 457 g/mol. The average molecular weight is 458 g/mol. The number of carbonyl (C=O) groups is 1. The smallest absolute Gasteiger partial charge is 0.422 e. The van der Waals surface area contributed by atoms with Gasteiger partial charge in [0, 0.05) is 31.5 Å². The molecule has 0 radical (unpaired) electrons. The Morgan fingerprint density at radius 2 is 1.97 bits per heavy atom. The third-order valence-electron chi connectivity index (χ3n) is 5.22. The summed E-state index contributed by atoms with van der Waals surface area (Å²) >= 11 is 7.65. The quantitative estimate of drug-likeness (QED) is 0.482. The van der Waals surface area contributed by atoms with Gasteiger partial charge in [0.2, 0.25) is 5.91 Å². The molecule has 5 nitrogen and oxygen atoms in total.